The molecule has 3 N–H and O–H groups in total. The van der Waals surface area contributed by atoms with Crippen LogP contribution in [0.25, 0.3) is 0 Å². The van der Waals surface area contributed by atoms with Crippen LogP contribution in [0.1, 0.15) is 12.0 Å². The summed E-state index contributed by atoms with van der Waals surface area (Å²) in [5.74, 6) is 0.619. The average Bonchev–Trinajstić information content (AvgIpc) is 2.53. The topological polar surface area (TPSA) is 76.2 Å². The first-order chi connectivity index (χ1) is 7.18. The third-order valence-electron chi connectivity index (χ3n) is 2.59. The van der Waals surface area contributed by atoms with Gasteiger partial charge >= 0.3 is 6.03 Å². The first kappa shape index (κ1) is 9.82. The molecule has 0 bridgehead atoms. The lowest BCUT2D eigenvalue weighted by Crippen LogP contribution is -2.45. The average molecular weight is 209 g/mol. The molecule has 0 aliphatic carbocycles. The first-order valence-corrected chi connectivity index (χ1v) is 4.97. The molecule has 15 heavy (non-hydrogen) atoms. The Labute approximate surface area is 88.0 Å². The summed E-state index contributed by atoms with van der Waals surface area (Å²) in [7, 11) is 1.79. The molecule has 0 aromatic carbocycles. The van der Waals surface area contributed by atoms with Gasteiger partial charge in [-0.3, -0.25) is 4.68 Å². The number of nitrogens with two attached hydrogens (primary N) is 1. The van der Waals surface area contributed by atoms with Gasteiger partial charge in [-0.05, 0) is 6.42 Å². The molecule has 6 heteroatoms. The molecule has 0 spiro atoms. The molecular formula is C9H15N5O. The molecule has 1 aromatic rings. The van der Waals surface area contributed by atoms with Gasteiger partial charge in [0.15, 0.2) is 0 Å². The molecular weight excluding hydrogens is 194 g/mol. The second-order valence-corrected chi connectivity index (χ2v) is 3.69. The number of aromatic nitrogens is 2. The van der Waals surface area contributed by atoms with Crippen molar-refractivity contribution in [1.29, 1.82) is 0 Å². The van der Waals surface area contributed by atoms with E-state index in [2.05, 4.69) is 10.4 Å². The van der Waals surface area contributed by atoms with E-state index in [1.54, 1.807) is 22.8 Å². The Bertz CT molecular complexity index is 373. The predicted molar refractivity (Wildman–Crippen MR) is 56.0 cm³/mol. The molecule has 82 valence electrons. The summed E-state index contributed by atoms with van der Waals surface area (Å²) in [5.41, 5.74) is 6.71. The van der Waals surface area contributed by atoms with Crippen molar-refractivity contribution in [3.63, 3.8) is 0 Å². The molecule has 1 aliphatic rings. The quantitative estimate of drug-likeness (QED) is 0.715. The summed E-state index contributed by atoms with van der Waals surface area (Å²) in [5, 5.41) is 6.84. The fourth-order valence-electron chi connectivity index (χ4n) is 1.65. The highest BCUT2D eigenvalue weighted by molar-refractivity contribution is 5.75. The lowest BCUT2D eigenvalue weighted by atomic mass is 10.2. The molecule has 0 unspecified atom stereocenters. The molecule has 1 fully saturated rings. The summed E-state index contributed by atoms with van der Waals surface area (Å²) >= 11 is 0. The van der Waals surface area contributed by atoms with Crippen molar-refractivity contribution in [3.8, 4) is 0 Å². The van der Waals surface area contributed by atoms with Crippen LogP contribution in [0, 0.1) is 0 Å². The fraction of sp³-hybridized carbons (Fsp3) is 0.556. The lowest BCUT2D eigenvalue weighted by Gasteiger charge is -2.27. The molecule has 0 saturated carbocycles. The van der Waals surface area contributed by atoms with E-state index in [9.17, 15) is 4.79 Å². The van der Waals surface area contributed by atoms with E-state index in [-0.39, 0.29) is 6.03 Å². The largest absolute Gasteiger partial charge is 0.384 e. The maximum atomic E-state index is 11.5. The van der Waals surface area contributed by atoms with Gasteiger partial charge in [-0.15, -0.1) is 0 Å². The highest BCUT2D eigenvalue weighted by atomic mass is 16.2. The van der Waals surface area contributed by atoms with E-state index in [4.69, 9.17) is 5.73 Å². The summed E-state index contributed by atoms with van der Waals surface area (Å²) < 4.78 is 1.61. The zero-order valence-electron chi connectivity index (χ0n) is 8.73. The number of anilines is 1. The van der Waals surface area contributed by atoms with Crippen LogP contribution in [-0.4, -0.2) is 33.8 Å². The number of rotatable bonds is 2. The van der Waals surface area contributed by atoms with Gasteiger partial charge in [0.05, 0.1) is 12.7 Å². The number of nitrogens with zero attached hydrogens (tertiary/aromatic N) is 3. The zero-order chi connectivity index (χ0) is 10.8. The second-order valence-electron chi connectivity index (χ2n) is 3.69. The number of hydrogen-bond donors (Lipinski definition) is 2. The number of hydrogen-bond acceptors (Lipinski definition) is 3. The highest BCUT2D eigenvalue weighted by Crippen LogP contribution is 2.13. The maximum absolute atomic E-state index is 11.5. The van der Waals surface area contributed by atoms with Crippen LogP contribution in [0.5, 0.6) is 0 Å². The van der Waals surface area contributed by atoms with Gasteiger partial charge in [-0.25, -0.2) is 4.79 Å². The Balaban J connectivity index is 2.07. The number of nitrogen functional groups attached to an aromatic ring is 1. The van der Waals surface area contributed by atoms with Crippen molar-refractivity contribution in [2.75, 3.05) is 18.8 Å². The highest BCUT2D eigenvalue weighted by Gasteiger charge is 2.19. The van der Waals surface area contributed by atoms with Crippen LogP contribution >= 0.6 is 0 Å². The fourth-order valence-corrected chi connectivity index (χ4v) is 1.65. The molecule has 1 saturated heterocycles. The second kappa shape index (κ2) is 3.80. The van der Waals surface area contributed by atoms with Gasteiger partial charge in [0.2, 0.25) is 0 Å². The van der Waals surface area contributed by atoms with Crippen molar-refractivity contribution in [2.24, 2.45) is 7.05 Å². The van der Waals surface area contributed by atoms with Crippen molar-refractivity contribution in [2.45, 2.75) is 13.0 Å². The summed E-state index contributed by atoms with van der Waals surface area (Å²) in [6.07, 6.45) is 2.68. The number of aryl methyl sites for hydroxylation is 1. The Morgan fingerprint density at radius 1 is 1.67 bits per heavy atom. The Hall–Kier alpha value is -1.72. The minimum Gasteiger partial charge on any atom is -0.384 e. The van der Waals surface area contributed by atoms with Gasteiger partial charge in [-0.2, -0.15) is 5.10 Å². The van der Waals surface area contributed by atoms with Crippen LogP contribution in [0.2, 0.25) is 0 Å². The van der Waals surface area contributed by atoms with Crippen molar-refractivity contribution in [1.82, 2.24) is 20.0 Å². The van der Waals surface area contributed by atoms with Crippen LogP contribution in [-0.2, 0) is 13.6 Å². The van der Waals surface area contributed by atoms with Gasteiger partial charge in [0.25, 0.3) is 0 Å². The van der Waals surface area contributed by atoms with Gasteiger partial charge in [-0.1, -0.05) is 0 Å². The number of nitrogens with one attached hydrogen (secondary N) is 1. The minimum absolute atomic E-state index is 0.0236. The van der Waals surface area contributed by atoms with Crippen LogP contribution in [0.15, 0.2) is 6.20 Å². The van der Waals surface area contributed by atoms with E-state index in [1.165, 1.54) is 0 Å². The molecule has 0 atom stereocenters. The molecule has 2 amide bonds. The molecule has 0 radical (unpaired) electrons. The molecule has 2 rings (SSSR count). The minimum atomic E-state index is -0.0236. The van der Waals surface area contributed by atoms with E-state index in [0.29, 0.717) is 12.4 Å². The van der Waals surface area contributed by atoms with Gasteiger partial charge in [0.1, 0.15) is 5.82 Å². The van der Waals surface area contributed by atoms with Crippen LogP contribution in [0.3, 0.4) is 0 Å². The smallest absolute Gasteiger partial charge is 0.317 e. The summed E-state index contributed by atoms with van der Waals surface area (Å²) in [6.45, 7) is 2.07. The molecule has 1 aromatic heterocycles. The van der Waals surface area contributed by atoms with Crippen molar-refractivity contribution < 1.29 is 4.79 Å². The molecule has 1 aliphatic heterocycles. The Kier molecular flexibility index (Phi) is 2.49. The van der Waals surface area contributed by atoms with Gasteiger partial charge < -0.3 is 16.0 Å². The van der Waals surface area contributed by atoms with E-state index >= 15 is 0 Å². The Morgan fingerprint density at radius 3 is 3.07 bits per heavy atom. The summed E-state index contributed by atoms with van der Waals surface area (Å²) in [6, 6.07) is -0.0236. The number of amides is 2. The van der Waals surface area contributed by atoms with Crippen molar-refractivity contribution >= 4 is 11.8 Å². The number of urea groups is 1. The normalized spacial score (nSPS) is 16.6. The first-order valence-electron chi connectivity index (χ1n) is 4.97. The number of carbonyl (C=O) groups is 1. The van der Waals surface area contributed by atoms with E-state index < -0.39 is 0 Å². The van der Waals surface area contributed by atoms with Crippen LogP contribution in [0.4, 0.5) is 10.6 Å². The number of carbonyl (C=O) groups excluding carboxylic acids is 1. The SMILES string of the molecule is Cn1ncc(CN2CCCNC2=O)c1N. The van der Waals surface area contributed by atoms with E-state index in [1.807, 2.05) is 0 Å². The van der Waals surface area contributed by atoms with Crippen molar-refractivity contribution in [3.05, 3.63) is 11.8 Å². The predicted octanol–water partition coefficient (Wildman–Crippen LogP) is -0.0824. The zero-order valence-corrected chi connectivity index (χ0v) is 8.73. The third-order valence-corrected chi connectivity index (χ3v) is 2.59. The van der Waals surface area contributed by atoms with Crippen LogP contribution < -0.4 is 11.1 Å². The third kappa shape index (κ3) is 1.88. The van der Waals surface area contributed by atoms with E-state index in [0.717, 1.165) is 25.1 Å². The van der Waals surface area contributed by atoms with Gasteiger partial charge in [0, 0.05) is 25.7 Å². The lowest BCUT2D eigenvalue weighted by molar-refractivity contribution is 0.183. The summed E-state index contributed by atoms with van der Waals surface area (Å²) in [4.78, 5) is 13.2. The molecule has 2 heterocycles. The molecule has 6 nitrogen and oxygen atoms in total. The monoisotopic (exact) mass is 209 g/mol. The standard InChI is InChI=1S/C9H15N5O/c1-13-8(10)7(5-12-13)6-14-4-2-3-11-9(14)15/h5H,2-4,6,10H2,1H3,(H,11,15). The maximum Gasteiger partial charge on any atom is 0.317 e. The Morgan fingerprint density at radius 2 is 2.47 bits per heavy atom.